The fourth-order valence-electron chi connectivity index (χ4n) is 2.41. The van der Waals surface area contributed by atoms with Crippen molar-refractivity contribution in [2.75, 3.05) is 0 Å². The number of halogens is 1. The van der Waals surface area contributed by atoms with E-state index in [1.54, 1.807) is 29.6 Å². The van der Waals surface area contributed by atoms with Crippen molar-refractivity contribution in [3.05, 3.63) is 68.6 Å². The first-order valence-corrected chi connectivity index (χ1v) is 8.77. The van der Waals surface area contributed by atoms with Gasteiger partial charge in [0, 0.05) is 15.4 Å². The van der Waals surface area contributed by atoms with Crippen molar-refractivity contribution in [2.24, 2.45) is 0 Å². The summed E-state index contributed by atoms with van der Waals surface area (Å²) in [7, 11) is 0. The molecule has 4 rings (SSSR count). The van der Waals surface area contributed by atoms with Gasteiger partial charge in [-0.05, 0) is 24.3 Å². The van der Waals surface area contributed by atoms with Gasteiger partial charge in [0.15, 0.2) is 5.76 Å². The van der Waals surface area contributed by atoms with E-state index in [0.717, 1.165) is 15.0 Å². The molecule has 0 aliphatic heterocycles. The van der Waals surface area contributed by atoms with Gasteiger partial charge in [-0.3, -0.25) is 4.79 Å². The quantitative estimate of drug-likeness (QED) is 0.512. The Kier molecular flexibility index (Phi) is 3.70. The first-order valence-electron chi connectivity index (χ1n) is 7.10. The molecule has 2 aromatic heterocycles. The smallest absolute Gasteiger partial charge is 0.235 e. The number of hydrogen-bond acceptors (Lipinski definition) is 5. The average Bonchev–Trinajstić information content (AvgIpc) is 3.08. The second kappa shape index (κ2) is 5.89. The standard InChI is InChI=1S/C18H10BrNO3S/c19-11-7-5-10(6-8-11)18-20-13(9-24-18)17-16(22)15(21)12-3-1-2-4-14(12)23-17/h1-9,22H. The van der Waals surface area contributed by atoms with E-state index >= 15 is 0 Å². The molecule has 0 fully saturated rings. The van der Waals surface area contributed by atoms with Crippen LogP contribution < -0.4 is 5.43 Å². The van der Waals surface area contributed by atoms with Crippen LogP contribution in [-0.4, -0.2) is 10.1 Å². The van der Waals surface area contributed by atoms with Crippen LogP contribution in [0.5, 0.6) is 5.75 Å². The highest BCUT2D eigenvalue weighted by molar-refractivity contribution is 9.10. The molecule has 2 aromatic carbocycles. The van der Waals surface area contributed by atoms with Gasteiger partial charge in [-0.15, -0.1) is 11.3 Å². The molecule has 24 heavy (non-hydrogen) atoms. The summed E-state index contributed by atoms with van der Waals surface area (Å²) in [5.41, 5.74) is 1.37. The molecule has 0 atom stereocenters. The predicted octanol–water partition coefficient (Wildman–Crippen LogP) is 5.05. The Balaban J connectivity index is 1.85. The summed E-state index contributed by atoms with van der Waals surface area (Å²) in [6.45, 7) is 0. The lowest BCUT2D eigenvalue weighted by molar-refractivity contribution is 0.448. The van der Waals surface area contributed by atoms with Crippen molar-refractivity contribution < 1.29 is 9.52 Å². The minimum absolute atomic E-state index is 0.0957. The summed E-state index contributed by atoms with van der Waals surface area (Å²) in [6.07, 6.45) is 0. The van der Waals surface area contributed by atoms with Crippen LogP contribution in [-0.2, 0) is 0 Å². The Morgan fingerprint density at radius 3 is 2.62 bits per heavy atom. The summed E-state index contributed by atoms with van der Waals surface area (Å²) < 4.78 is 6.70. The highest BCUT2D eigenvalue weighted by Gasteiger charge is 2.18. The summed E-state index contributed by atoms with van der Waals surface area (Å²) >= 11 is 4.82. The predicted molar refractivity (Wildman–Crippen MR) is 98.4 cm³/mol. The van der Waals surface area contributed by atoms with Gasteiger partial charge in [-0.2, -0.15) is 0 Å². The Morgan fingerprint density at radius 1 is 1.08 bits per heavy atom. The fourth-order valence-corrected chi connectivity index (χ4v) is 3.48. The van der Waals surface area contributed by atoms with E-state index in [1.165, 1.54) is 11.3 Å². The number of aromatic nitrogens is 1. The third-order valence-electron chi connectivity index (χ3n) is 3.60. The lowest BCUT2D eigenvalue weighted by Crippen LogP contribution is -2.02. The molecule has 0 aliphatic carbocycles. The van der Waals surface area contributed by atoms with E-state index in [0.29, 0.717) is 16.7 Å². The van der Waals surface area contributed by atoms with Gasteiger partial charge in [0.2, 0.25) is 11.2 Å². The zero-order valence-electron chi connectivity index (χ0n) is 12.2. The summed E-state index contributed by atoms with van der Waals surface area (Å²) in [6, 6.07) is 14.6. The third-order valence-corrected chi connectivity index (χ3v) is 5.02. The van der Waals surface area contributed by atoms with Crippen molar-refractivity contribution in [1.29, 1.82) is 0 Å². The third kappa shape index (κ3) is 2.53. The minimum Gasteiger partial charge on any atom is -0.501 e. The molecule has 1 N–H and O–H groups in total. The molecule has 6 heteroatoms. The largest absolute Gasteiger partial charge is 0.501 e. The number of aromatic hydroxyl groups is 1. The van der Waals surface area contributed by atoms with Crippen LogP contribution in [0.1, 0.15) is 0 Å². The van der Waals surface area contributed by atoms with E-state index < -0.39 is 11.2 Å². The van der Waals surface area contributed by atoms with Crippen LogP contribution in [0.15, 0.2) is 67.6 Å². The van der Waals surface area contributed by atoms with Crippen LogP contribution >= 0.6 is 27.3 Å². The van der Waals surface area contributed by atoms with Gasteiger partial charge in [-0.25, -0.2) is 4.98 Å². The van der Waals surface area contributed by atoms with Crippen LogP contribution in [0.4, 0.5) is 0 Å². The number of fused-ring (bicyclic) bond motifs is 1. The van der Waals surface area contributed by atoms with Gasteiger partial charge in [0.1, 0.15) is 16.3 Å². The molecule has 4 aromatic rings. The number of thiazole rings is 1. The molecule has 4 nitrogen and oxygen atoms in total. The Morgan fingerprint density at radius 2 is 1.83 bits per heavy atom. The Labute approximate surface area is 149 Å². The summed E-state index contributed by atoms with van der Waals surface area (Å²) in [5, 5.41) is 13.1. The number of para-hydroxylation sites is 1. The Bertz CT molecular complexity index is 1100. The lowest BCUT2D eigenvalue weighted by atomic mass is 10.2. The van der Waals surface area contributed by atoms with Crippen LogP contribution in [0.3, 0.4) is 0 Å². The number of benzene rings is 2. The van der Waals surface area contributed by atoms with Crippen molar-refractivity contribution in [3.8, 4) is 27.8 Å². The SMILES string of the molecule is O=c1c(O)c(-c2csc(-c3ccc(Br)cc3)n2)oc2ccccc12. The van der Waals surface area contributed by atoms with E-state index in [9.17, 15) is 9.90 Å². The molecule has 0 amide bonds. The van der Waals surface area contributed by atoms with Gasteiger partial charge < -0.3 is 9.52 Å². The minimum atomic E-state index is -0.454. The molecular formula is C18H10BrNO3S. The van der Waals surface area contributed by atoms with Crippen LogP contribution in [0.2, 0.25) is 0 Å². The fraction of sp³-hybridized carbons (Fsp3) is 0. The molecule has 0 radical (unpaired) electrons. The second-order valence-corrected chi connectivity index (χ2v) is 6.92. The van der Waals surface area contributed by atoms with Crippen molar-refractivity contribution in [2.45, 2.75) is 0 Å². The number of hydrogen-bond donors (Lipinski definition) is 1. The molecule has 118 valence electrons. The first kappa shape index (κ1) is 15.1. The van der Waals surface area contributed by atoms with Crippen molar-refractivity contribution in [1.82, 2.24) is 4.98 Å². The topological polar surface area (TPSA) is 63.3 Å². The van der Waals surface area contributed by atoms with Gasteiger partial charge in [-0.1, -0.05) is 40.2 Å². The van der Waals surface area contributed by atoms with Gasteiger partial charge in [0.05, 0.1) is 5.39 Å². The molecule has 0 bridgehead atoms. The molecule has 0 spiro atoms. The highest BCUT2D eigenvalue weighted by Crippen LogP contribution is 2.34. The zero-order chi connectivity index (χ0) is 16.7. The lowest BCUT2D eigenvalue weighted by Gasteiger charge is -2.03. The zero-order valence-corrected chi connectivity index (χ0v) is 14.6. The second-order valence-electron chi connectivity index (χ2n) is 5.15. The Hall–Kier alpha value is -2.44. The maximum atomic E-state index is 12.3. The highest BCUT2D eigenvalue weighted by atomic mass is 79.9. The number of rotatable bonds is 2. The molecule has 2 heterocycles. The van der Waals surface area contributed by atoms with E-state index in [-0.39, 0.29) is 5.76 Å². The maximum Gasteiger partial charge on any atom is 0.235 e. The normalized spacial score (nSPS) is 11.0. The van der Waals surface area contributed by atoms with Crippen LogP contribution in [0.25, 0.3) is 33.0 Å². The van der Waals surface area contributed by atoms with Crippen molar-refractivity contribution in [3.63, 3.8) is 0 Å². The maximum absolute atomic E-state index is 12.3. The van der Waals surface area contributed by atoms with Crippen molar-refractivity contribution >= 4 is 38.2 Å². The van der Waals surface area contributed by atoms with Crippen LogP contribution in [0, 0.1) is 0 Å². The molecule has 0 saturated carbocycles. The van der Waals surface area contributed by atoms with E-state index in [2.05, 4.69) is 20.9 Å². The number of nitrogens with zero attached hydrogens (tertiary/aromatic N) is 1. The molecular weight excluding hydrogens is 390 g/mol. The van der Waals surface area contributed by atoms with E-state index in [4.69, 9.17) is 4.42 Å². The summed E-state index contributed by atoms with van der Waals surface area (Å²) in [4.78, 5) is 16.8. The monoisotopic (exact) mass is 399 g/mol. The van der Waals surface area contributed by atoms with E-state index in [1.807, 2.05) is 24.3 Å². The molecule has 0 aliphatic rings. The van der Waals surface area contributed by atoms with Gasteiger partial charge >= 0.3 is 0 Å². The average molecular weight is 400 g/mol. The van der Waals surface area contributed by atoms with Gasteiger partial charge in [0.25, 0.3) is 0 Å². The molecule has 0 unspecified atom stereocenters. The first-order chi connectivity index (χ1) is 11.6. The summed E-state index contributed by atoms with van der Waals surface area (Å²) in [5.74, 6) is -0.320. The molecule has 0 saturated heterocycles.